The molecule has 3 nitrogen and oxygen atoms in total. The highest BCUT2D eigenvalue weighted by atomic mass is 35.5. The van der Waals surface area contributed by atoms with Crippen molar-refractivity contribution in [1.29, 1.82) is 0 Å². The summed E-state index contributed by atoms with van der Waals surface area (Å²) in [6.07, 6.45) is 0. The first-order chi connectivity index (χ1) is 8.37. The van der Waals surface area contributed by atoms with Crippen LogP contribution in [0, 0.1) is 0 Å². The van der Waals surface area contributed by atoms with Gasteiger partial charge in [0.2, 0.25) is 0 Å². The summed E-state index contributed by atoms with van der Waals surface area (Å²) < 4.78 is 0.0918. The van der Waals surface area contributed by atoms with Gasteiger partial charge < -0.3 is 4.90 Å². The Bertz CT molecular complexity index is 459. The fourth-order valence-corrected chi connectivity index (χ4v) is 3.53. The van der Waals surface area contributed by atoms with Gasteiger partial charge in [-0.1, -0.05) is 23.2 Å². The van der Waals surface area contributed by atoms with Crippen molar-refractivity contribution < 1.29 is 4.79 Å². The Kier molecular flexibility index (Phi) is 4.09. The molecule has 0 aromatic carbocycles. The second-order valence-electron chi connectivity index (χ2n) is 4.84. The molecule has 0 saturated carbocycles. The molecule has 0 N–H and O–H groups in total. The van der Waals surface area contributed by atoms with Crippen LogP contribution >= 0.6 is 35.0 Å². The van der Waals surface area contributed by atoms with E-state index in [2.05, 4.69) is 18.8 Å². The lowest BCUT2D eigenvalue weighted by atomic mass is 10.1. The van der Waals surface area contributed by atoms with Crippen molar-refractivity contribution in [2.75, 3.05) is 18.8 Å². The molecule has 98 valence electrons. The number of aromatic nitrogens is 1. The Morgan fingerprint density at radius 1 is 1.39 bits per heavy atom. The van der Waals surface area contributed by atoms with Gasteiger partial charge in [0.05, 0.1) is 0 Å². The second kappa shape index (κ2) is 5.27. The Morgan fingerprint density at radius 3 is 2.56 bits per heavy atom. The third kappa shape index (κ3) is 3.31. The molecule has 1 fully saturated rings. The number of amides is 1. The molecule has 1 aliphatic heterocycles. The standard InChI is InChI=1S/C12H14Cl2N2OS/c1-12(2)7-16(3-4-18-12)11(17)8-5-9(13)15-10(14)6-8/h5-6H,3-4,7H2,1-2H3. The number of nitrogens with zero attached hydrogens (tertiary/aromatic N) is 2. The topological polar surface area (TPSA) is 33.2 Å². The lowest BCUT2D eigenvalue weighted by molar-refractivity contribution is 0.0748. The van der Waals surface area contributed by atoms with Gasteiger partial charge in [0.1, 0.15) is 10.3 Å². The molecule has 2 rings (SSSR count). The van der Waals surface area contributed by atoms with E-state index < -0.39 is 0 Å². The predicted octanol–water partition coefficient (Wildman–Crippen LogP) is 3.36. The minimum absolute atomic E-state index is 0.0328. The van der Waals surface area contributed by atoms with E-state index in [0.29, 0.717) is 5.56 Å². The molecule has 0 spiro atoms. The molecule has 1 aromatic heterocycles. The SMILES string of the molecule is CC1(C)CN(C(=O)c2cc(Cl)nc(Cl)c2)CCS1. The van der Waals surface area contributed by atoms with Crippen molar-refractivity contribution in [3.8, 4) is 0 Å². The molecular weight excluding hydrogens is 291 g/mol. The maximum absolute atomic E-state index is 12.4. The summed E-state index contributed by atoms with van der Waals surface area (Å²) in [6, 6.07) is 3.12. The quantitative estimate of drug-likeness (QED) is 0.746. The van der Waals surface area contributed by atoms with Gasteiger partial charge in [-0.25, -0.2) is 4.98 Å². The van der Waals surface area contributed by atoms with Crippen molar-refractivity contribution >= 4 is 40.9 Å². The van der Waals surface area contributed by atoms with E-state index in [1.165, 1.54) is 0 Å². The molecule has 0 bridgehead atoms. The predicted molar refractivity (Wildman–Crippen MR) is 76.7 cm³/mol. The monoisotopic (exact) mass is 304 g/mol. The van der Waals surface area contributed by atoms with Gasteiger partial charge in [0.25, 0.3) is 5.91 Å². The third-order valence-electron chi connectivity index (χ3n) is 2.72. The zero-order valence-electron chi connectivity index (χ0n) is 10.2. The lowest BCUT2D eigenvalue weighted by Crippen LogP contribution is -2.46. The fraction of sp³-hybridized carbons (Fsp3) is 0.500. The van der Waals surface area contributed by atoms with E-state index >= 15 is 0 Å². The van der Waals surface area contributed by atoms with Crippen molar-refractivity contribution in [1.82, 2.24) is 9.88 Å². The Balaban J connectivity index is 2.20. The minimum Gasteiger partial charge on any atom is -0.336 e. The first-order valence-corrected chi connectivity index (χ1v) is 7.38. The number of thioether (sulfide) groups is 1. The molecule has 6 heteroatoms. The Labute approximate surface area is 121 Å². The molecule has 0 aliphatic carbocycles. The number of rotatable bonds is 1. The summed E-state index contributed by atoms with van der Waals surface area (Å²) in [7, 11) is 0. The van der Waals surface area contributed by atoms with Crippen LogP contribution in [0.2, 0.25) is 10.3 Å². The molecule has 1 aliphatic rings. The van der Waals surface area contributed by atoms with E-state index in [1.54, 1.807) is 12.1 Å². The number of carbonyl (C=O) groups excluding carboxylic acids is 1. The van der Waals surface area contributed by atoms with Crippen LogP contribution in [0.4, 0.5) is 0 Å². The van der Waals surface area contributed by atoms with Crippen molar-refractivity contribution in [2.24, 2.45) is 0 Å². The van der Waals surface area contributed by atoms with E-state index in [9.17, 15) is 4.79 Å². The van der Waals surface area contributed by atoms with Gasteiger partial charge >= 0.3 is 0 Å². The number of pyridine rings is 1. The zero-order chi connectivity index (χ0) is 13.3. The normalized spacial score (nSPS) is 18.8. The molecule has 18 heavy (non-hydrogen) atoms. The summed E-state index contributed by atoms with van der Waals surface area (Å²) in [6.45, 7) is 5.77. The smallest absolute Gasteiger partial charge is 0.254 e. The van der Waals surface area contributed by atoms with Gasteiger partial charge in [-0.2, -0.15) is 11.8 Å². The maximum atomic E-state index is 12.4. The van der Waals surface area contributed by atoms with E-state index in [0.717, 1.165) is 18.8 Å². The van der Waals surface area contributed by atoms with Crippen LogP contribution in [0.25, 0.3) is 0 Å². The molecule has 1 aromatic rings. The van der Waals surface area contributed by atoms with Crippen molar-refractivity contribution in [3.05, 3.63) is 28.0 Å². The Hall–Kier alpha value is -0.450. The molecule has 1 amide bonds. The Morgan fingerprint density at radius 2 is 2.00 bits per heavy atom. The highest BCUT2D eigenvalue weighted by Crippen LogP contribution is 2.30. The van der Waals surface area contributed by atoms with Crippen LogP contribution in [0.15, 0.2) is 12.1 Å². The fourth-order valence-electron chi connectivity index (χ4n) is 1.96. The van der Waals surface area contributed by atoms with E-state index in [4.69, 9.17) is 23.2 Å². The van der Waals surface area contributed by atoms with E-state index in [-0.39, 0.29) is 21.0 Å². The van der Waals surface area contributed by atoms with Gasteiger partial charge in [-0.15, -0.1) is 0 Å². The van der Waals surface area contributed by atoms with Crippen LogP contribution in [0.3, 0.4) is 0 Å². The molecule has 2 heterocycles. The first-order valence-electron chi connectivity index (χ1n) is 5.64. The summed E-state index contributed by atoms with van der Waals surface area (Å²) >= 11 is 13.5. The average molecular weight is 305 g/mol. The number of halogens is 2. The highest BCUT2D eigenvalue weighted by molar-refractivity contribution is 8.00. The van der Waals surface area contributed by atoms with E-state index in [1.807, 2.05) is 16.7 Å². The van der Waals surface area contributed by atoms with Crippen LogP contribution in [0.1, 0.15) is 24.2 Å². The molecule has 0 atom stereocenters. The van der Waals surface area contributed by atoms with Gasteiger partial charge in [-0.05, 0) is 26.0 Å². The summed E-state index contributed by atoms with van der Waals surface area (Å²) in [5, 5.41) is 0.494. The van der Waals surface area contributed by atoms with Crippen LogP contribution in [-0.2, 0) is 0 Å². The van der Waals surface area contributed by atoms with Crippen LogP contribution in [-0.4, -0.2) is 39.4 Å². The number of carbonyl (C=O) groups is 1. The molecule has 1 saturated heterocycles. The molecule has 0 radical (unpaired) electrons. The average Bonchev–Trinajstić information content (AvgIpc) is 2.25. The van der Waals surface area contributed by atoms with Gasteiger partial charge in [0, 0.05) is 29.2 Å². The van der Waals surface area contributed by atoms with Crippen molar-refractivity contribution in [3.63, 3.8) is 0 Å². The summed E-state index contributed by atoms with van der Waals surface area (Å²) in [4.78, 5) is 18.1. The van der Waals surface area contributed by atoms with Crippen molar-refractivity contribution in [2.45, 2.75) is 18.6 Å². The zero-order valence-corrected chi connectivity index (χ0v) is 12.6. The largest absolute Gasteiger partial charge is 0.336 e. The minimum atomic E-state index is -0.0328. The lowest BCUT2D eigenvalue weighted by Gasteiger charge is -2.37. The summed E-state index contributed by atoms with van der Waals surface area (Å²) in [5.74, 6) is 0.917. The molecule has 0 unspecified atom stereocenters. The van der Waals surface area contributed by atoms with Crippen LogP contribution in [0.5, 0.6) is 0 Å². The first kappa shape index (κ1) is 14.0. The van der Waals surface area contributed by atoms with Gasteiger partial charge in [0.15, 0.2) is 0 Å². The van der Waals surface area contributed by atoms with Gasteiger partial charge in [-0.3, -0.25) is 4.79 Å². The number of hydrogen-bond acceptors (Lipinski definition) is 3. The third-order valence-corrected chi connectivity index (χ3v) is 4.41. The number of hydrogen-bond donors (Lipinski definition) is 0. The summed E-state index contributed by atoms with van der Waals surface area (Å²) in [5.41, 5.74) is 0.503. The maximum Gasteiger partial charge on any atom is 0.254 e. The molecular formula is C12H14Cl2N2OS. The second-order valence-corrected chi connectivity index (χ2v) is 7.41. The van der Waals surface area contributed by atoms with Crippen LogP contribution < -0.4 is 0 Å². The highest BCUT2D eigenvalue weighted by Gasteiger charge is 2.30.